The first-order valence-electron chi connectivity index (χ1n) is 7.41. The van der Waals surface area contributed by atoms with Gasteiger partial charge in [0.05, 0.1) is 6.61 Å². The van der Waals surface area contributed by atoms with Crippen LogP contribution < -0.4 is 5.32 Å². The van der Waals surface area contributed by atoms with E-state index in [2.05, 4.69) is 62.3 Å². The highest BCUT2D eigenvalue weighted by molar-refractivity contribution is 5.32. The number of hydrogen-bond acceptors (Lipinski definition) is 3. The molecule has 0 aromatic heterocycles. The van der Waals surface area contributed by atoms with Gasteiger partial charge in [0.25, 0.3) is 0 Å². The molecule has 0 radical (unpaired) electrons. The topological polar surface area (TPSA) is 24.5 Å². The molecule has 0 amide bonds. The molecule has 3 heteroatoms. The number of benzene rings is 1. The quantitative estimate of drug-likeness (QED) is 0.740. The highest BCUT2D eigenvalue weighted by Gasteiger charge is 2.17. The van der Waals surface area contributed by atoms with E-state index in [4.69, 9.17) is 4.74 Å². The predicted octanol–water partition coefficient (Wildman–Crippen LogP) is 2.65. The van der Waals surface area contributed by atoms with Crippen molar-refractivity contribution in [3.05, 3.63) is 35.4 Å². The zero-order chi connectivity index (χ0) is 15.0. The van der Waals surface area contributed by atoms with Crippen LogP contribution in [0.5, 0.6) is 0 Å². The highest BCUT2D eigenvalue weighted by Crippen LogP contribution is 2.26. The summed E-state index contributed by atoms with van der Waals surface area (Å²) in [6.07, 6.45) is 0. The normalized spacial score (nSPS) is 12.1. The molecule has 0 heterocycles. The molecule has 0 spiro atoms. The molecule has 0 aliphatic rings. The van der Waals surface area contributed by atoms with Crippen LogP contribution in [0.4, 0.5) is 0 Å². The molecule has 1 aromatic rings. The van der Waals surface area contributed by atoms with Gasteiger partial charge in [-0.2, -0.15) is 0 Å². The molecular weight excluding hydrogens is 248 g/mol. The van der Waals surface area contributed by atoms with Crippen LogP contribution in [0, 0.1) is 0 Å². The van der Waals surface area contributed by atoms with Gasteiger partial charge in [0.15, 0.2) is 0 Å². The van der Waals surface area contributed by atoms with E-state index >= 15 is 0 Å². The number of rotatable bonds is 8. The van der Waals surface area contributed by atoms with Gasteiger partial charge in [0.2, 0.25) is 0 Å². The van der Waals surface area contributed by atoms with Crippen molar-refractivity contribution in [3.63, 3.8) is 0 Å². The van der Waals surface area contributed by atoms with Crippen molar-refractivity contribution in [2.24, 2.45) is 0 Å². The maximum absolute atomic E-state index is 5.02. The van der Waals surface area contributed by atoms with Crippen LogP contribution in [0.15, 0.2) is 24.3 Å². The SMILES string of the molecule is COCCNCCN(C)Cc1ccccc1C(C)(C)C. The van der Waals surface area contributed by atoms with E-state index < -0.39 is 0 Å². The first kappa shape index (κ1) is 17.2. The Kier molecular flexibility index (Phi) is 7.20. The minimum Gasteiger partial charge on any atom is -0.383 e. The lowest BCUT2D eigenvalue weighted by Crippen LogP contribution is -2.31. The number of nitrogens with zero attached hydrogens (tertiary/aromatic N) is 1. The zero-order valence-electron chi connectivity index (χ0n) is 13.7. The molecule has 0 atom stereocenters. The molecule has 114 valence electrons. The number of methoxy groups -OCH3 is 1. The predicted molar refractivity (Wildman–Crippen MR) is 86.2 cm³/mol. The Morgan fingerprint density at radius 1 is 1.15 bits per heavy atom. The minimum absolute atomic E-state index is 0.203. The second-order valence-corrected chi connectivity index (χ2v) is 6.39. The fourth-order valence-corrected chi connectivity index (χ4v) is 2.33. The lowest BCUT2D eigenvalue weighted by atomic mass is 9.83. The Hall–Kier alpha value is -0.900. The summed E-state index contributed by atoms with van der Waals surface area (Å²) in [5.41, 5.74) is 3.08. The second kappa shape index (κ2) is 8.40. The van der Waals surface area contributed by atoms with Crippen molar-refractivity contribution in [1.82, 2.24) is 10.2 Å². The first-order valence-corrected chi connectivity index (χ1v) is 7.41. The maximum Gasteiger partial charge on any atom is 0.0587 e. The van der Waals surface area contributed by atoms with Crippen molar-refractivity contribution in [3.8, 4) is 0 Å². The van der Waals surface area contributed by atoms with Gasteiger partial charge in [0, 0.05) is 33.3 Å². The fourth-order valence-electron chi connectivity index (χ4n) is 2.33. The van der Waals surface area contributed by atoms with Gasteiger partial charge in [-0.3, -0.25) is 0 Å². The van der Waals surface area contributed by atoms with Crippen LogP contribution in [0.3, 0.4) is 0 Å². The number of hydrogen-bond donors (Lipinski definition) is 1. The molecule has 0 saturated heterocycles. The molecule has 0 bridgehead atoms. The summed E-state index contributed by atoms with van der Waals surface area (Å²) in [4.78, 5) is 2.37. The average molecular weight is 278 g/mol. The fraction of sp³-hybridized carbons (Fsp3) is 0.647. The lowest BCUT2D eigenvalue weighted by molar-refractivity contribution is 0.197. The second-order valence-electron chi connectivity index (χ2n) is 6.39. The van der Waals surface area contributed by atoms with E-state index in [-0.39, 0.29) is 5.41 Å². The number of nitrogens with one attached hydrogen (secondary N) is 1. The van der Waals surface area contributed by atoms with Crippen LogP contribution in [0.2, 0.25) is 0 Å². The third-order valence-electron chi connectivity index (χ3n) is 3.42. The molecule has 1 N–H and O–H groups in total. The van der Waals surface area contributed by atoms with E-state index in [9.17, 15) is 0 Å². The summed E-state index contributed by atoms with van der Waals surface area (Å²) in [7, 11) is 3.91. The van der Waals surface area contributed by atoms with Gasteiger partial charge < -0.3 is 15.0 Å². The van der Waals surface area contributed by atoms with Crippen molar-refractivity contribution in [2.75, 3.05) is 40.4 Å². The molecule has 3 nitrogen and oxygen atoms in total. The van der Waals surface area contributed by atoms with Crippen LogP contribution >= 0.6 is 0 Å². The van der Waals surface area contributed by atoms with E-state index in [0.717, 1.165) is 32.8 Å². The van der Waals surface area contributed by atoms with Crippen molar-refractivity contribution in [1.29, 1.82) is 0 Å². The summed E-state index contributed by atoms with van der Waals surface area (Å²) < 4.78 is 5.02. The first-order chi connectivity index (χ1) is 9.45. The van der Waals surface area contributed by atoms with Crippen LogP contribution in [0.1, 0.15) is 31.9 Å². The molecule has 0 aliphatic heterocycles. The molecule has 1 rings (SSSR count). The maximum atomic E-state index is 5.02. The minimum atomic E-state index is 0.203. The van der Waals surface area contributed by atoms with E-state index in [0.29, 0.717) is 0 Å². The van der Waals surface area contributed by atoms with Crippen molar-refractivity contribution < 1.29 is 4.74 Å². The van der Waals surface area contributed by atoms with Crippen molar-refractivity contribution in [2.45, 2.75) is 32.7 Å². The van der Waals surface area contributed by atoms with Gasteiger partial charge in [-0.15, -0.1) is 0 Å². The van der Waals surface area contributed by atoms with Crippen LogP contribution in [0.25, 0.3) is 0 Å². The Morgan fingerprint density at radius 3 is 2.50 bits per heavy atom. The Morgan fingerprint density at radius 2 is 1.85 bits per heavy atom. The lowest BCUT2D eigenvalue weighted by Gasteiger charge is -2.25. The molecular formula is C17H30N2O. The molecule has 0 saturated carbocycles. The van der Waals surface area contributed by atoms with Gasteiger partial charge >= 0.3 is 0 Å². The highest BCUT2D eigenvalue weighted by atomic mass is 16.5. The third kappa shape index (κ3) is 6.04. The standard InChI is InChI=1S/C17H30N2O/c1-17(2,3)16-9-7-6-8-15(16)14-19(4)12-10-18-11-13-20-5/h6-9,18H,10-14H2,1-5H3. The summed E-state index contributed by atoms with van der Waals surface area (Å²) in [6.45, 7) is 11.6. The Balaban J connectivity index is 2.48. The molecule has 20 heavy (non-hydrogen) atoms. The smallest absolute Gasteiger partial charge is 0.0587 e. The van der Waals surface area contributed by atoms with E-state index in [1.165, 1.54) is 11.1 Å². The molecule has 1 aromatic carbocycles. The number of likely N-dealkylation sites (N-methyl/N-ethyl adjacent to an activating group) is 1. The average Bonchev–Trinajstić information content (AvgIpc) is 2.38. The van der Waals surface area contributed by atoms with Gasteiger partial charge in [-0.25, -0.2) is 0 Å². The van der Waals surface area contributed by atoms with Crippen molar-refractivity contribution >= 4 is 0 Å². The summed E-state index contributed by atoms with van der Waals surface area (Å²) in [5, 5.41) is 3.38. The third-order valence-corrected chi connectivity index (χ3v) is 3.42. The van der Waals surface area contributed by atoms with Crippen LogP contribution in [-0.4, -0.2) is 45.3 Å². The zero-order valence-corrected chi connectivity index (χ0v) is 13.7. The summed E-state index contributed by atoms with van der Waals surface area (Å²) in [5.74, 6) is 0. The van der Waals surface area contributed by atoms with Gasteiger partial charge in [-0.05, 0) is 23.6 Å². The largest absolute Gasteiger partial charge is 0.383 e. The Labute approximate surface area is 124 Å². The van der Waals surface area contributed by atoms with Crippen LogP contribution in [-0.2, 0) is 16.7 Å². The van der Waals surface area contributed by atoms with Gasteiger partial charge in [0.1, 0.15) is 0 Å². The van der Waals surface area contributed by atoms with E-state index in [1.54, 1.807) is 7.11 Å². The summed E-state index contributed by atoms with van der Waals surface area (Å²) >= 11 is 0. The van der Waals surface area contributed by atoms with Gasteiger partial charge in [-0.1, -0.05) is 45.0 Å². The number of ether oxygens (including phenoxy) is 1. The molecule has 0 unspecified atom stereocenters. The molecule has 0 fully saturated rings. The molecule has 0 aliphatic carbocycles. The summed E-state index contributed by atoms with van der Waals surface area (Å²) in [6, 6.07) is 8.76. The van der Waals surface area contributed by atoms with E-state index in [1.807, 2.05) is 0 Å². The monoisotopic (exact) mass is 278 g/mol. The Bertz CT molecular complexity index is 385.